The zero-order valence-electron chi connectivity index (χ0n) is 21.5. The quantitative estimate of drug-likeness (QED) is 0.434. The van der Waals surface area contributed by atoms with Gasteiger partial charge < -0.3 is 15.0 Å². The topological polar surface area (TPSA) is 96.0 Å². The Morgan fingerprint density at radius 2 is 1.67 bits per heavy atom. The van der Waals surface area contributed by atoms with Crippen LogP contribution in [0.3, 0.4) is 0 Å². The molecular formula is C26H36FN3O5S. The van der Waals surface area contributed by atoms with Gasteiger partial charge in [-0.1, -0.05) is 38.1 Å². The van der Waals surface area contributed by atoms with Gasteiger partial charge in [0.25, 0.3) is 0 Å². The predicted octanol–water partition coefficient (Wildman–Crippen LogP) is 3.71. The number of carbonyl (C=O) groups is 2. The third-order valence-electron chi connectivity index (χ3n) is 5.77. The SMILES string of the molecule is CCOc1ccccc1N(CC(=O)N(Cc1ccc(F)cc1)[C@@H](CC)C(=O)N[C@H](C)CC)S(C)(=O)=O. The lowest BCUT2D eigenvalue weighted by molar-refractivity contribution is -0.140. The number of anilines is 1. The molecule has 8 nitrogen and oxygen atoms in total. The molecular weight excluding hydrogens is 485 g/mol. The van der Waals surface area contributed by atoms with Gasteiger partial charge in [0.2, 0.25) is 21.8 Å². The minimum absolute atomic E-state index is 0.0102. The van der Waals surface area contributed by atoms with Gasteiger partial charge >= 0.3 is 0 Å². The van der Waals surface area contributed by atoms with Gasteiger partial charge in [0, 0.05) is 12.6 Å². The predicted molar refractivity (Wildman–Crippen MR) is 139 cm³/mol. The summed E-state index contributed by atoms with van der Waals surface area (Å²) in [5, 5.41) is 2.91. The monoisotopic (exact) mass is 521 g/mol. The normalized spacial score (nSPS) is 12.9. The Hall–Kier alpha value is -3.14. The summed E-state index contributed by atoms with van der Waals surface area (Å²) in [6.45, 7) is 7.16. The van der Waals surface area contributed by atoms with Gasteiger partial charge in [0.1, 0.15) is 24.2 Å². The van der Waals surface area contributed by atoms with Crippen molar-refractivity contribution in [1.82, 2.24) is 10.2 Å². The van der Waals surface area contributed by atoms with Crippen molar-refractivity contribution in [1.29, 1.82) is 0 Å². The maximum absolute atomic E-state index is 13.7. The highest BCUT2D eigenvalue weighted by molar-refractivity contribution is 7.92. The van der Waals surface area contributed by atoms with E-state index in [1.165, 1.54) is 29.2 Å². The van der Waals surface area contributed by atoms with E-state index in [0.717, 1.165) is 10.6 Å². The summed E-state index contributed by atoms with van der Waals surface area (Å²) in [5.41, 5.74) is 0.842. The molecule has 36 heavy (non-hydrogen) atoms. The largest absolute Gasteiger partial charge is 0.492 e. The summed E-state index contributed by atoms with van der Waals surface area (Å²) in [6, 6.07) is 11.2. The Labute approximate surface area is 213 Å². The van der Waals surface area contributed by atoms with E-state index in [9.17, 15) is 22.4 Å². The molecule has 0 unspecified atom stereocenters. The first kappa shape index (κ1) is 29.1. The van der Waals surface area contributed by atoms with Crippen LogP contribution in [0.1, 0.15) is 46.1 Å². The number of nitrogens with one attached hydrogen (secondary N) is 1. The third-order valence-corrected chi connectivity index (χ3v) is 6.89. The lowest BCUT2D eigenvalue weighted by Gasteiger charge is -2.33. The molecule has 0 fully saturated rings. The summed E-state index contributed by atoms with van der Waals surface area (Å²) in [5.74, 6) is -0.996. The summed E-state index contributed by atoms with van der Waals surface area (Å²) in [4.78, 5) is 28.2. The van der Waals surface area contributed by atoms with Crippen molar-refractivity contribution in [2.45, 2.75) is 59.2 Å². The van der Waals surface area contributed by atoms with Crippen molar-refractivity contribution >= 4 is 27.5 Å². The van der Waals surface area contributed by atoms with Crippen LogP contribution in [0, 0.1) is 5.82 Å². The number of sulfonamides is 1. The van der Waals surface area contributed by atoms with E-state index >= 15 is 0 Å². The Kier molecular flexibility index (Phi) is 10.7. The zero-order chi connectivity index (χ0) is 26.9. The second kappa shape index (κ2) is 13.2. The molecule has 0 aliphatic rings. The van der Waals surface area contributed by atoms with Crippen LogP contribution < -0.4 is 14.4 Å². The third kappa shape index (κ3) is 7.94. The Morgan fingerprint density at radius 1 is 1.03 bits per heavy atom. The molecule has 0 heterocycles. The molecule has 0 spiro atoms. The van der Waals surface area contributed by atoms with Gasteiger partial charge in [-0.25, -0.2) is 12.8 Å². The van der Waals surface area contributed by atoms with Gasteiger partial charge in [-0.2, -0.15) is 0 Å². The number of ether oxygens (including phenoxy) is 1. The highest BCUT2D eigenvalue weighted by Gasteiger charge is 2.32. The molecule has 0 aromatic heterocycles. The summed E-state index contributed by atoms with van der Waals surface area (Å²) in [6.07, 6.45) is 2.04. The summed E-state index contributed by atoms with van der Waals surface area (Å²) < 4.78 is 45.6. The first-order valence-corrected chi connectivity index (χ1v) is 13.9. The molecule has 10 heteroatoms. The summed E-state index contributed by atoms with van der Waals surface area (Å²) in [7, 11) is -3.89. The number of para-hydroxylation sites is 2. The average molecular weight is 522 g/mol. The fourth-order valence-corrected chi connectivity index (χ4v) is 4.54. The smallest absolute Gasteiger partial charge is 0.244 e. The molecule has 0 bridgehead atoms. The first-order valence-electron chi connectivity index (χ1n) is 12.1. The van der Waals surface area contributed by atoms with Crippen molar-refractivity contribution < 1.29 is 27.1 Å². The number of rotatable bonds is 13. The number of carbonyl (C=O) groups excluding carboxylic acids is 2. The van der Waals surface area contributed by atoms with Crippen molar-refractivity contribution in [2.24, 2.45) is 0 Å². The molecule has 2 rings (SSSR count). The Bertz CT molecular complexity index is 1120. The number of benzene rings is 2. The Balaban J connectivity index is 2.47. The van der Waals surface area contributed by atoms with E-state index in [4.69, 9.17) is 4.74 Å². The van der Waals surface area contributed by atoms with Crippen molar-refractivity contribution in [2.75, 3.05) is 23.7 Å². The van der Waals surface area contributed by atoms with Gasteiger partial charge in [0.15, 0.2) is 0 Å². The zero-order valence-corrected chi connectivity index (χ0v) is 22.3. The highest BCUT2D eigenvalue weighted by Crippen LogP contribution is 2.30. The van der Waals surface area contributed by atoms with Crippen LogP contribution in [0.4, 0.5) is 10.1 Å². The maximum atomic E-state index is 13.7. The highest BCUT2D eigenvalue weighted by atomic mass is 32.2. The standard InChI is InChI=1S/C26H36FN3O5S/c1-6-19(4)28-26(32)22(7-2)29(17-20-13-15-21(27)16-14-20)25(31)18-30(36(5,33)34)23-11-9-10-12-24(23)35-8-3/h9-16,19,22H,6-8,17-18H2,1-5H3,(H,28,32)/t19-,22+/m1/s1. The number of amides is 2. The number of hydrogen-bond donors (Lipinski definition) is 1. The molecule has 0 aliphatic heterocycles. The lowest BCUT2D eigenvalue weighted by Crippen LogP contribution is -2.53. The van der Waals surface area contributed by atoms with Crippen LogP contribution in [-0.4, -0.2) is 56.6 Å². The van der Waals surface area contributed by atoms with E-state index in [1.807, 2.05) is 13.8 Å². The molecule has 2 aromatic rings. The molecule has 198 valence electrons. The fraction of sp³-hybridized carbons (Fsp3) is 0.462. The first-order chi connectivity index (χ1) is 17.0. The minimum Gasteiger partial charge on any atom is -0.492 e. The van der Waals surface area contributed by atoms with E-state index in [0.29, 0.717) is 30.8 Å². The van der Waals surface area contributed by atoms with E-state index in [-0.39, 0.29) is 24.2 Å². The second-order valence-corrected chi connectivity index (χ2v) is 10.5. The number of hydrogen-bond acceptors (Lipinski definition) is 5. The molecule has 1 N–H and O–H groups in total. The Morgan fingerprint density at radius 3 is 2.22 bits per heavy atom. The van der Waals surface area contributed by atoms with Crippen molar-refractivity contribution in [3.63, 3.8) is 0 Å². The minimum atomic E-state index is -3.89. The van der Waals surface area contributed by atoms with Gasteiger partial charge in [-0.3, -0.25) is 13.9 Å². The van der Waals surface area contributed by atoms with Gasteiger partial charge in [0.05, 0.1) is 18.6 Å². The van der Waals surface area contributed by atoms with Crippen LogP contribution in [-0.2, 0) is 26.2 Å². The van der Waals surface area contributed by atoms with Crippen LogP contribution in [0.15, 0.2) is 48.5 Å². The van der Waals surface area contributed by atoms with Crippen molar-refractivity contribution in [3.05, 3.63) is 59.9 Å². The molecule has 0 aliphatic carbocycles. The van der Waals surface area contributed by atoms with Crippen LogP contribution in [0.5, 0.6) is 5.75 Å². The van der Waals surface area contributed by atoms with E-state index < -0.39 is 34.3 Å². The van der Waals surface area contributed by atoms with Gasteiger partial charge in [-0.15, -0.1) is 0 Å². The second-order valence-electron chi connectivity index (χ2n) is 8.56. The van der Waals surface area contributed by atoms with Crippen LogP contribution in [0.25, 0.3) is 0 Å². The maximum Gasteiger partial charge on any atom is 0.244 e. The van der Waals surface area contributed by atoms with Crippen LogP contribution in [0.2, 0.25) is 0 Å². The van der Waals surface area contributed by atoms with Crippen LogP contribution >= 0.6 is 0 Å². The van der Waals surface area contributed by atoms with E-state index in [2.05, 4.69) is 5.32 Å². The average Bonchev–Trinajstić information content (AvgIpc) is 2.83. The van der Waals surface area contributed by atoms with Crippen molar-refractivity contribution in [3.8, 4) is 5.75 Å². The molecule has 0 saturated carbocycles. The molecule has 2 atom stereocenters. The number of nitrogens with zero attached hydrogens (tertiary/aromatic N) is 2. The van der Waals surface area contributed by atoms with E-state index in [1.54, 1.807) is 38.1 Å². The molecule has 0 radical (unpaired) electrons. The fourth-order valence-electron chi connectivity index (χ4n) is 3.68. The van der Waals surface area contributed by atoms with Gasteiger partial charge in [-0.05, 0) is 56.5 Å². The molecule has 0 saturated heterocycles. The molecule has 2 amide bonds. The molecule has 2 aromatic carbocycles. The number of halogens is 1. The summed E-state index contributed by atoms with van der Waals surface area (Å²) >= 11 is 0. The lowest BCUT2D eigenvalue weighted by atomic mass is 10.1.